The highest BCUT2D eigenvalue weighted by Gasteiger charge is 2.34. The number of ether oxygens (including phenoxy) is 3. The quantitative estimate of drug-likeness (QED) is 0.438. The van der Waals surface area contributed by atoms with Crippen LogP contribution in [-0.2, 0) is 46.2 Å². The Hall–Kier alpha value is -4.23. The van der Waals surface area contributed by atoms with E-state index >= 15 is 0 Å². The molecule has 10 nitrogen and oxygen atoms in total. The molecular formula is C31H39NO9. The van der Waals surface area contributed by atoms with E-state index in [9.17, 15) is 14.9 Å². The van der Waals surface area contributed by atoms with Crippen molar-refractivity contribution >= 4 is 23.9 Å². The summed E-state index contributed by atoms with van der Waals surface area (Å²) in [6.07, 6.45) is 1.38. The monoisotopic (exact) mass is 569 g/mol. The topological polar surface area (TPSA) is 160 Å². The number of carbonyl (C=O) groups is 4. The molecule has 0 radical (unpaired) electrons. The number of hydrogen-bond donors (Lipinski definition) is 2. The molecule has 0 bridgehead atoms. The second-order valence-corrected chi connectivity index (χ2v) is 9.61. The van der Waals surface area contributed by atoms with Crippen molar-refractivity contribution in [3.05, 3.63) is 69.8 Å². The van der Waals surface area contributed by atoms with E-state index in [1.54, 1.807) is 0 Å². The molecule has 2 aromatic carbocycles. The Kier molecular flexibility index (Phi) is 14.8. The second kappa shape index (κ2) is 17.5. The van der Waals surface area contributed by atoms with E-state index in [1.165, 1.54) is 25.0 Å². The minimum Gasteiger partial charge on any atom is -0.481 e. The van der Waals surface area contributed by atoms with Gasteiger partial charge in [-0.3, -0.25) is 19.2 Å². The summed E-state index contributed by atoms with van der Waals surface area (Å²) in [5, 5.41) is 24.6. The average molecular weight is 570 g/mol. The van der Waals surface area contributed by atoms with Crippen LogP contribution in [0.2, 0.25) is 0 Å². The van der Waals surface area contributed by atoms with Crippen molar-refractivity contribution in [1.29, 1.82) is 5.26 Å². The minimum atomic E-state index is -0.833. The third-order valence-electron chi connectivity index (χ3n) is 5.97. The van der Waals surface area contributed by atoms with Crippen LogP contribution in [-0.4, -0.2) is 52.9 Å². The zero-order valence-electron chi connectivity index (χ0n) is 24.4. The summed E-state index contributed by atoms with van der Waals surface area (Å²) in [4.78, 5) is 40.9. The standard InChI is InChI=1S/C27H31NO5.2C2H4O2/c1-5-20-6-8-21(9-7-20)11-22-12-26(23(15-28)10-17(22)2)27-14-24(32-19(4)30)13-25(33-27)16-31-18(3)29;2*1-2(3)4/h6-10,12,24-25,27H,5,11,13-14,16H2,1-4H3;2*1H3,(H,3,4). The van der Waals surface area contributed by atoms with E-state index in [0.29, 0.717) is 18.4 Å². The number of carbonyl (C=O) groups excluding carboxylic acids is 2. The number of aryl methyl sites for hydroxylation is 2. The highest BCUT2D eigenvalue weighted by atomic mass is 16.6. The number of esters is 2. The maximum Gasteiger partial charge on any atom is 0.302 e. The second-order valence-electron chi connectivity index (χ2n) is 9.61. The van der Waals surface area contributed by atoms with Gasteiger partial charge in [0.15, 0.2) is 0 Å². The third kappa shape index (κ3) is 13.6. The minimum absolute atomic E-state index is 0.0774. The smallest absolute Gasteiger partial charge is 0.302 e. The normalized spacial score (nSPS) is 17.3. The van der Waals surface area contributed by atoms with Crippen LogP contribution in [0.3, 0.4) is 0 Å². The SMILES string of the molecule is CC(=O)O.CC(=O)O.CCc1ccc(Cc2cc(C3CC(OC(C)=O)CC(COC(C)=O)O3)c(C#N)cc2C)cc1. The van der Waals surface area contributed by atoms with Crippen LogP contribution in [0.4, 0.5) is 0 Å². The molecule has 1 fully saturated rings. The molecule has 1 aliphatic heterocycles. The van der Waals surface area contributed by atoms with E-state index < -0.39 is 30.1 Å². The number of carboxylic acid groups (broad SMARTS) is 2. The van der Waals surface area contributed by atoms with Crippen LogP contribution in [0.25, 0.3) is 0 Å². The van der Waals surface area contributed by atoms with Crippen LogP contribution in [0.15, 0.2) is 36.4 Å². The first-order valence-electron chi connectivity index (χ1n) is 13.2. The number of carboxylic acids is 2. The summed E-state index contributed by atoms with van der Waals surface area (Å²) in [7, 11) is 0. The Morgan fingerprint density at radius 1 is 0.951 bits per heavy atom. The van der Waals surface area contributed by atoms with Crippen molar-refractivity contribution < 1.29 is 43.6 Å². The fourth-order valence-electron chi connectivity index (χ4n) is 4.26. The first-order valence-corrected chi connectivity index (χ1v) is 13.2. The highest BCUT2D eigenvalue weighted by Crippen LogP contribution is 2.36. The van der Waals surface area contributed by atoms with Gasteiger partial charge in [-0.15, -0.1) is 0 Å². The van der Waals surface area contributed by atoms with Crippen molar-refractivity contribution in [1.82, 2.24) is 0 Å². The lowest BCUT2D eigenvalue weighted by Gasteiger charge is -2.35. The number of nitriles is 1. The first-order chi connectivity index (χ1) is 19.2. The van der Waals surface area contributed by atoms with Gasteiger partial charge >= 0.3 is 11.9 Å². The van der Waals surface area contributed by atoms with Crippen molar-refractivity contribution in [2.75, 3.05) is 6.61 Å². The van der Waals surface area contributed by atoms with Crippen LogP contribution >= 0.6 is 0 Å². The largest absolute Gasteiger partial charge is 0.481 e. The molecule has 0 aromatic heterocycles. The summed E-state index contributed by atoms with van der Waals surface area (Å²) in [5.41, 5.74) is 5.95. The molecule has 0 spiro atoms. The van der Waals surface area contributed by atoms with Crippen molar-refractivity contribution in [3.8, 4) is 6.07 Å². The fourth-order valence-corrected chi connectivity index (χ4v) is 4.26. The van der Waals surface area contributed by atoms with Gasteiger partial charge in [-0.25, -0.2) is 0 Å². The van der Waals surface area contributed by atoms with E-state index in [-0.39, 0.29) is 18.7 Å². The van der Waals surface area contributed by atoms with Gasteiger partial charge in [0.05, 0.1) is 23.8 Å². The third-order valence-corrected chi connectivity index (χ3v) is 5.97. The van der Waals surface area contributed by atoms with E-state index in [1.807, 2.05) is 19.1 Å². The van der Waals surface area contributed by atoms with Crippen LogP contribution < -0.4 is 0 Å². The Morgan fingerprint density at radius 2 is 1.51 bits per heavy atom. The van der Waals surface area contributed by atoms with Crippen LogP contribution in [0.1, 0.15) is 86.9 Å². The molecule has 3 unspecified atom stereocenters. The lowest BCUT2D eigenvalue weighted by Crippen LogP contribution is -2.37. The van der Waals surface area contributed by atoms with Crippen molar-refractivity contribution in [3.63, 3.8) is 0 Å². The van der Waals surface area contributed by atoms with Gasteiger partial charge in [-0.2, -0.15) is 5.26 Å². The Labute approximate surface area is 240 Å². The molecule has 10 heteroatoms. The van der Waals surface area contributed by atoms with Gasteiger partial charge in [0.1, 0.15) is 12.7 Å². The number of hydrogen-bond acceptors (Lipinski definition) is 8. The zero-order chi connectivity index (χ0) is 31.1. The predicted molar refractivity (Wildman–Crippen MR) is 150 cm³/mol. The van der Waals surface area contributed by atoms with Gasteiger partial charge in [0, 0.05) is 40.5 Å². The Bertz CT molecular complexity index is 1210. The summed E-state index contributed by atoms with van der Waals surface area (Å²) in [6.45, 7) is 9.10. The first kappa shape index (κ1) is 34.8. The van der Waals surface area contributed by atoms with Gasteiger partial charge in [-0.05, 0) is 53.6 Å². The van der Waals surface area contributed by atoms with Crippen LogP contribution in [0.5, 0.6) is 0 Å². The summed E-state index contributed by atoms with van der Waals surface area (Å²) < 4.78 is 16.9. The molecule has 3 atom stereocenters. The fraction of sp³-hybridized carbons (Fsp3) is 0.452. The molecule has 1 saturated heterocycles. The molecule has 222 valence electrons. The zero-order valence-corrected chi connectivity index (χ0v) is 24.4. The van der Waals surface area contributed by atoms with E-state index in [4.69, 9.17) is 34.0 Å². The lowest BCUT2D eigenvalue weighted by molar-refractivity contribution is -0.169. The van der Waals surface area contributed by atoms with Crippen molar-refractivity contribution in [2.24, 2.45) is 0 Å². The predicted octanol–water partition coefficient (Wildman–Crippen LogP) is 4.92. The molecule has 1 aliphatic rings. The molecule has 41 heavy (non-hydrogen) atoms. The molecule has 0 amide bonds. The number of aliphatic carboxylic acids is 2. The van der Waals surface area contributed by atoms with E-state index in [0.717, 1.165) is 43.4 Å². The maximum absolute atomic E-state index is 11.6. The molecule has 2 aromatic rings. The van der Waals surface area contributed by atoms with Gasteiger partial charge in [0.2, 0.25) is 0 Å². The molecule has 2 N–H and O–H groups in total. The Morgan fingerprint density at radius 3 is 2.00 bits per heavy atom. The lowest BCUT2D eigenvalue weighted by atomic mass is 9.89. The number of rotatable bonds is 7. The van der Waals surface area contributed by atoms with Gasteiger partial charge in [0.25, 0.3) is 11.9 Å². The molecule has 1 heterocycles. The van der Waals surface area contributed by atoms with Crippen molar-refractivity contribution in [2.45, 2.75) is 85.5 Å². The Balaban J connectivity index is 0.000000930. The number of nitrogens with zero attached hydrogens (tertiary/aromatic N) is 1. The average Bonchev–Trinajstić information content (AvgIpc) is 2.87. The molecule has 0 saturated carbocycles. The number of benzene rings is 2. The van der Waals surface area contributed by atoms with Gasteiger partial charge in [-0.1, -0.05) is 37.3 Å². The van der Waals surface area contributed by atoms with Gasteiger partial charge < -0.3 is 24.4 Å². The van der Waals surface area contributed by atoms with E-state index in [2.05, 4.69) is 37.3 Å². The van der Waals surface area contributed by atoms with Crippen LogP contribution in [0, 0.1) is 18.3 Å². The highest BCUT2D eigenvalue weighted by molar-refractivity contribution is 5.66. The molecular weight excluding hydrogens is 530 g/mol. The molecule has 0 aliphatic carbocycles. The molecule has 3 rings (SSSR count). The summed E-state index contributed by atoms with van der Waals surface area (Å²) >= 11 is 0. The summed E-state index contributed by atoms with van der Waals surface area (Å²) in [6, 6.07) is 14.8. The maximum atomic E-state index is 11.6. The summed E-state index contributed by atoms with van der Waals surface area (Å²) in [5.74, 6) is -2.43.